The van der Waals surface area contributed by atoms with Gasteiger partial charge >= 0.3 is 6.09 Å². The minimum atomic E-state index is -0.998. The number of fused-ring (bicyclic) bond motifs is 2. The van der Waals surface area contributed by atoms with E-state index in [9.17, 15) is 9.90 Å². The summed E-state index contributed by atoms with van der Waals surface area (Å²) >= 11 is 2.16. The van der Waals surface area contributed by atoms with Gasteiger partial charge in [0.15, 0.2) is 0 Å². The Morgan fingerprint density at radius 2 is 2.29 bits per heavy atom. The standard InChI is InChI=1S/C12H12INO3/c13-7-12(16)9-4-2-1-3-8(9)5-14-10(12)6-17-11(14)15/h1-4,10,16H,5-7H2/t10-,12?/m1/s1. The molecule has 1 aromatic rings. The van der Waals surface area contributed by atoms with Crippen molar-refractivity contribution < 1.29 is 14.6 Å². The smallest absolute Gasteiger partial charge is 0.410 e. The van der Waals surface area contributed by atoms with Crippen molar-refractivity contribution in [3.8, 4) is 0 Å². The topological polar surface area (TPSA) is 49.8 Å². The number of hydrogen-bond donors (Lipinski definition) is 1. The molecule has 2 aliphatic heterocycles. The molecule has 1 saturated heterocycles. The second-order valence-corrected chi connectivity index (χ2v) is 5.20. The van der Waals surface area contributed by atoms with E-state index in [1.807, 2.05) is 24.3 Å². The fraction of sp³-hybridized carbons (Fsp3) is 0.417. The molecular weight excluding hydrogens is 333 g/mol. The third-order valence-electron chi connectivity index (χ3n) is 3.55. The molecule has 0 aliphatic carbocycles. The Bertz CT molecular complexity index is 479. The van der Waals surface area contributed by atoms with Crippen LogP contribution >= 0.6 is 22.6 Å². The van der Waals surface area contributed by atoms with Crippen LogP contribution in [0.15, 0.2) is 24.3 Å². The first-order chi connectivity index (χ1) is 8.16. The average Bonchev–Trinajstić information content (AvgIpc) is 2.72. The van der Waals surface area contributed by atoms with Crippen LogP contribution in [0.1, 0.15) is 11.1 Å². The molecule has 4 nitrogen and oxygen atoms in total. The number of amides is 1. The third-order valence-corrected chi connectivity index (χ3v) is 4.72. The van der Waals surface area contributed by atoms with Gasteiger partial charge in [0.05, 0.1) is 0 Å². The van der Waals surface area contributed by atoms with Crippen molar-refractivity contribution in [2.45, 2.75) is 18.2 Å². The normalized spacial score (nSPS) is 30.8. The summed E-state index contributed by atoms with van der Waals surface area (Å²) in [7, 11) is 0. The van der Waals surface area contributed by atoms with Gasteiger partial charge in [-0.15, -0.1) is 0 Å². The number of halogens is 1. The molecule has 0 spiro atoms. The number of hydrogen-bond acceptors (Lipinski definition) is 3. The predicted octanol–water partition coefficient (Wildman–Crippen LogP) is 1.64. The first-order valence-electron chi connectivity index (χ1n) is 5.47. The van der Waals surface area contributed by atoms with Crippen molar-refractivity contribution in [2.24, 2.45) is 0 Å². The van der Waals surface area contributed by atoms with Gasteiger partial charge in [-0.05, 0) is 11.1 Å². The number of rotatable bonds is 1. The van der Waals surface area contributed by atoms with Crippen LogP contribution < -0.4 is 0 Å². The summed E-state index contributed by atoms with van der Waals surface area (Å²) in [6.45, 7) is 0.797. The van der Waals surface area contributed by atoms with Gasteiger partial charge in [0.2, 0.25) is 0 Å². The van der Waals surface area contributed by atoms with Crippen molar-refractivity contribution in [3.05, 3.63) is 35.4 Å². The minimum absolute atomic E-state index is 0.262. The van der Waals surface area contributed by atoms with Crippen LogP contribution in [0.2, 0.25) is 0 Å². The van der Waals surface area contributed by atoms with Gasteiger partial charge in [-0.1, -0.05) is 46.9 Å². The van der Waals surface area contributed by atoms with Crippen LogP contribution in [-0.4, -0.2) is 33.2 Å². The van der Waals surface area contributed by atoms with E-state index in [1.54, 1.807) is 4.90 Å². The van der Waals surface area contributed by atoms with E-state index < -0.39 is 5.60 Å². The highest BCUT2D eigenvalue weighted by atomic mass is 127. The lowest BCUT2D eigenvalue weighted by Crippen LogP contribution is -2.54. The van der Waals surface area contributed by atoms with Gasteiger partial charge in [0.25, 0.3) is 0 Å². The number of carbonyl (C=O) groups is 1. The lowest BCUT2D eigenvalue weighted by atomic mass is 9.81. The summed E-state index contributed by atoms with van der Waals surface area (Å²) in [6, 6.07) is 7.47. The maximum atomic E-state index is 11.6. The van der Waals surface area contributed by atoms with Crippen LogP contribution in [-0.2, 0) is 16.9 Å². The molecule has 0 aromatic heterocycles. The molecule has 5 heteroatoms. The fourth-order valence-corrected chi connectivity index (χ4v) is 3.54. The molecule has 2 aliphatic rings. The number of ether oxygens (including phenoxy) is 1. The van der Waals surface area contributed by atoms with E-state index >= 15 is 0 Å². The van der Waals surface area contributed by atoms with Crippen LogP contribution in [0.4, 0.5) is 4.79 Å². The first-order valence-corrected chi connectivity index (χ1v) is 6.99. The van der Waals surface area contributed by atoms with E-state index in [0.717, 1.165) is 11.1 Å². The number of cyclic esters (lactones) is 1. The largest absolute Gasteiger partial charge is 0.447 e. The Hall–Kier alpha value is -0.820. The Labute approximate surface area is 113 Å². The minimum Gasteiger partial charge on any atom is -0.447 e. The van der Waals surface area contributed by atoms with Crippen molar-refractivity contribution >= 4 is 28.7 Å². The maximum absolute atomic E-state index is 11.6. The molecule has 2 atom stereocenters. The van der Waals surface area contributed by atoms with Gasteiger partial charge in [0, 0.05) is 11.0 Å². The van der Waals surface area contributed by atoms with E-state index in [-0.39, 0.29) is 18.7 Å². The molecule has 0 radical (unpaired) electrons. The maximum Gasteiger partial charge on any atom is 0.410 e. The Morgan fingerprint density at radius 1 is 1.53 bits per heavy atom. The fourth-order valence-electron chi connectivity index (χ4n) is 2.63. The molecule has 17 heavy (non-hydrogen) atoms. The van der Waals surface area contributed by atoms with Gasteiger partial charge in [-0.25, -0.2) is 4.79 Å². The van der Waals surface area contributed by atoms with Crippen LogP contribution in [0, 0.1) is 0 Å². The predicted molar refractivity (Wildman–Crippen MR) is 69.9 cm³/mol. The van der Waals surface area contributed by atoms with Crippen molar-refractivity contribution in [1.82, 2.24) is 4.90 Å². The highest BCUT2D eigenvalue weighted by Crippen LogP contribution is 2.40. The number of aliphatic hydroxyl groups is 1. The summed E-state index contributed by atoms with van der Waals surface area (Å²) in [6.07, 6.45) is -0.326. The second kappa shape index (κ2) is 3.84. The molecule has 2 heterocycles. The highest BCUT2D eigenvalue weighted by Gasteiger charge is 2.51. The summed E-state index contributed by atoms with van der Waals surface area (Å²) in [5.74, 6) is 0. The number of benzene rings is 1. The molecule has 1 unspecified atom stereocenters. The van der Waals surface area contributed by atoms with E-state index in [4.69, 9.17) is 4.74 Å². The first kappa shape index (κ1) is 11.3. The molecule has 90 valence electrons. The third kappa shape index (κ3) is 1.48. The zero-order chi connectivity index (χ0) is 12.0. The van der Waals surface area contributed by atoms with Crippen LogP contribution in [0.5, 0.6) is 0 Å². The zero-order valence-electron chi connectivity index (χ0n) is 9.10. The Kier molecular flexibility index (Phi) is 2.55. The highest BCUT2D eigenvalue weighted by molar-refractivity contribution is 14.1. The van der Waals surface area contributed by atoms with Gasteiger partial charge in [0.1, 0.15) is 18.2 Å². The molecular formula is C12H12INO3. The summed E-state index contributed by atoms with van der Waals surface area (Å²) in [5, 5.41) is 10.8. The van der Waals surface area contributed by atoms with Crippen LogP contribution in [0.3, 0.4) is 0 Å². The quantitative estimate of drug-likeness (QED) is 0.622. The average molecular weight is 345 g/mol. The van der Waals surface area contributed by atoms with Gasteiger partial charge < -0.3 is 9.84 Å². The van der Waals surface area contributed by atoms with Crippen LogP contribution in [0.25, 0.3) is 0 Å². The molecule has 1 amide bonds. The molecule has 3 rings (SSSR count). The number of carbonyl (C=O) groups excluding carboxylic acids is 1. The molecule has 0 bridgehead atoms. The van der Waals surface area contributed by atoms with E-state index in [1.165, 1.54) is 0 Å². The lowest BCUT2D eigenvalue weighted by Gasteiger charge is -2.41. The van der Waals surface area contributed by atoms with Gasteiger partial charge in [-0.2, -0.15) is 0 Å². The monoisotopic (exact) mass is 345 g/mol. The summed E-state index contributed by atoms with van der Waals surface area (Å²) in [4.78, 5) is 13.2. The number of nitrogens with zero attached hydrogens (tertiary/aromatic N) is 1. The second-order valence-electron chi connectivity index (χ2n) is 4.44. The number of alkyl halides is 1. The van der Waals surface area contributed by atoms with Gasteiger partial charge in [-0.3, -0.25) is 4.90 Å². The van der Waals surface area contributed by atoms with Crippen molar-refractivity contribution in [3.63, 3.8) is 0 Å². The van der Waals surface area contributed by atoms with E-state index in [0.29, 0.717) is 11.0 Å². The summed E-state index contributed by atoms with van der Waals surface area (Å²) < 4.78 is 5.59. The molecule has 1 N–H and O–H groups in total. The zero-order valence-corrected chi connectivity index (χ0v) is 11.3. The molecule has 1 aromatic carbocycles. The molecule has 1 fully saturated rings. The van der Waals surface area contributed by atoms with E-state index in [2.05, 4.69) is 22.6 Å². The van der Waals surface area contributed by atoms with Crippen molar-refractivity contribution in [2.75, 3.05) is 11.0 Å². The Morgan fingerprint density at radius 3 is 3.06 bits per heavy atom. The van der Waals surface area contributed by atoms with Crippen molar-refractivity contribution in [1.29, 1.82) is 0 Å². The SMILES string of the molecule is O=C1OC[C@H]2N1Cc1ccccc1C2(O)CI. The Balaban J connectivity index is 2.15. The summed E-state index contributed by atoms with van der Waals surface area (Å²) in [5.41, 5.74) is 0.928. The lowest BCUT2D eigenvalue weighted by molar-refractivity contribution is -0.0199. The molecule has 0 saturated carbocycles.